The van der Waals surface area contributed by atoms with Crippen molar-refractivity contribution in [1.82, 2.24) is 0 Å². The predicted octanol–water partition coefficient (Wildman–Crippen LogP) is 8.84. The van der Waals surface area contributed by atoms with Gasteiger partial charge in [-0.15, -0.1) is 0 Å². The Labute approximate surface area is 244 Å². The Kier molecular flexibility index (Phi) is 12.4. The van der Waals surface area contributed by atoms with Crippen LogP contribution in [0, 0.1) is 11.8 Å². The number of ketones is 1. The first-order chi connectivity index (χ1) is 19.9. The lowest BCUT2D eigenvalue weighted by Crippen LogP contribution is -2.41. The standard InChI is InChI=1S/C31H60O5Si2/c1-10-14-23-31(5,36-37(7,8)9)24-19-21-27-26(20-17-15-16-18-22-30(33)34-6)28(32)25-29(27)35-38(11-2,12-3)13-4/h19,21,26-27,29H,10-18,20,22-25H2,1-9H3/b21-19+/t26-,27-,29-,31?/m0/s1/i5D3,23D2. The third-order valence-corrected chi connectivity index (χ3v) is 13.5. The predicted molar refractivity (Wildman–Crippen MR) is 165 cm³/mol. The number of methoxy groups -OCH3 is 1. The van der Waals surface area contributed by atoms with Gasteiger partial charge in [0.05, 0.1) is 18.8 Å². The van der Waals surface area contributed by atoms with E-state index < -0.39 is 35.5 Å². The molecule has 0 aromatic heterocycles. The number of carbonyl (C=O) groups excluding carboxylic acids is 2. The number of carbonyl (C=O) groups is 2. The quantitative estimate of drug-likeness (QED) is 0.0630. The largest absolute Gasteiger partial charge is 0.469 e. The third kappa shape index (κ3) is 12.2. The van der Waals surface area contributed by atoms with Gasteiger partial charge >= 0.3 is 5.97 Å². The highest BCUT2D eigenvalue weighted by Gasteiger charge is 2.45. The molecule has 0 radical (unpaired) electrons. The van der Waals surface area contributed by atoms with Gasteiger partial charge in [-0.1, -0.05) is 72.0 Å². The van der Waals surface area contributed by atoms with Crippen LogP contribution in [0.3, 0.4) is 0 Å². The number of hydrogen-bond donors (Lipinski definition) is 0. The zero-order valence-electron chi connectivity index (χ0n) is 30.6. The summed E-state index contributed by atoms with van der Waals surface area (Å²) in [6.07, 6.45) is 6.72. The van der Waals surface area contributed by atoms with E-state index in [1.165, 1.54) is 7.11 Å². The first-order valence-electron chi connectivity index (χ1n) is 17.5. The molecule has 1 rings (SSSR count). The van der Waals surface area contributed by atoms with E-state index in [9.17, 15) is 9.59 Å². The van der Waals surface area contributed by atoms with Gasteiger partial charge in [-0.2, -0.15) is 0 Å². The Balaban J connectivity index is 3.37. The highest BCUT2D eigenvalue weighted by Crippen LogP contribution is 2.40. The summed E-state index contributed by atoms with van der Waals surface area (Å²) in [5.74, 6) is -0.452. The Morgan fingerprint density at radius 1 is 1.08 bits per heavy atom. The van der Waals surface area contributed by atoms with E-state index in [1.54, 1.807) is 6.08 Å². The number of unbranched alkanes of at least 4 members (excludes halogenated alkanes) is 3. The molecule has 1 aliphatic carbocycles. The van der Waals surface area contributed by atoms with Crippen LogP contribution in [0.15, 0.2) is 12.2 Å². The first kappa shape index (κ1) is 27.4. The number of Topliss-reactive ketones (excluding diaryl/α,β-unsaturated/α-hetero) is 1. The minimum atomic E-state index is -2.68. The summed E-state index contributed by atoms with van der Waals surface area (Å²) in [6.45, 7) is 11.3. The molecule has 0 aromatic rings. The average molecular weight is 574 g/mol. The molecule has 0 heterocycles. The van der Waals surface area contributed by atoms with Gasteiger partial charge in [0, 0.05) is 31.5 Å². The van der Waals surface area contributed by atoms with Gasteiger partial charge in [-0.3, -0.25) is 9.59 Å². The fourth-order valence-corrected chi connectivity index (χ4v) is 9.58. The molecule has 222 valence electrons. The van der Waals surface area contributed by atoms with E-state index in [2.05, 4.69) is 20.8 Å². The second-order valence-electron chi connectivity index (χ2n) is 11.9. The summed E-state index contributed by atoms with van der Waals surface area (Å²) >= 11 is 0. The molecule has 0 saturated heterocycles. The molecule has 7 heteroatoms. The van der Waals surface area contributed by atoms with Crippen LogP contribution in [0.5, 0.6) is 0 Å². The molecule has 1 unspecified atom stereocenters. The van der Waals surface area contributed by atoms with Crippen LogP contribution in [-0.4, -0.2) is 47.2 Å². The maximum Gasteiger partial charge on any atom is 0.305 e. The van der Waals surface area contributed by atoms with Crippen LogP contribution in [0.1, 0.15) is 112 Å². The van der Waals surface area contributed by atoms with Crippen molar-refractivity contribution in [1.29, 1.82) is 0 Å². The molecule has 38 heavy (non-hydrogen) atoms. The Morgan fingerprint density at radius 3 is 2.29 bits per heavy atom. The maximum absolute atomic E-state index is 13.4. The number of esters is 1. The van der Waals surface area contributed by atoms with Gasteiger partial charge < -0.3 is 13.6 Å². The molecule has 4 atom stereocenters. The molecule has 0 amide bonds. The zero-order valence-corrected chi connectivity index (χ0v) is 27.6. The highest BCUT2D eigenvalue weighted by atomic mass is 28.4. The summed E-state index contributed by atoms with van der Waals surface area (Å²) < 4.78 is 61.2. The van der Waals surface area contributed by atoms with Gasteiger partial charge in [0.1, 0.15) is 5.78 Å². The van der Waals surface area contributed by atoms with Gasteiger partial charge in [0.15, 0.2) is 16.6 Å². The van der Waals surface area contributed by atoms with Crippen molar-refractivity contribution in [2.75, 3.05) is 7.11 Å². The molecule has 0 spiro atoms. The molecule has 1 saturated carbocycles. The second kappa shape index (κ2) is 17.1. The maximum atomic E-state index is 13.4. The van der Waals surface area contributed by atoms with E-state index in [4.69, 9.17) is 20.4 Å². The van der Waals surface area contributed by atoms with Gasteiger partial charge in [-0.05, 0) is 70.3 Å². The lowest BCUT2D eigenvalue weighted by atomic mass is 9.87. The smallest absolute Gasteiger partial charge is 0.305 e. The van der Waals surface area contributed by atoms with E-state index in [0.717, 1.165) is 43.8 Å². The molecule has 0 N–H and O–H groups in total. The number of rotatable bonds is 20. The van der Waals surface area contributed by atoms with Crippen molar-refractivity contribution in [3.05, 3.63) is 12.2 Å². The molecular formula is C31H60O5Si2. The molecule has 1 aliphatic rings. The van der Waals surface area contributed by atoms with Gasteiger partial charge in [0.25, 0.3) is 0 Å². The van der Waals surface area contributed by atoms with Crippen molar-refractivity contribution in [2.24, 2.45) is 11.8 Å². The first-order valence-corrected chi connectivity index (χ1v) is 21.0. The van der Waals surface area contributed by atoms with E-state index in [-0.39, 0.29) is 42.5 Å². The van der Waals surface area contributed by atoms with Crippen molar-refractivity contribution in [3.63, 3.8) is 0 Å². The van der Waals surface area contributed by atoms with Crippen molar-refractivity contribution in [3.8, 4) is 0 Å². The van der Waals surface area contributed by atoms with Crippen molar-refractivity contribution in [2.45, 2.75) is 155 Å². The van der Waals surface area contributed by atoms with E-state index in [1.807, 2.05) is 32.6 Å². The van der Waals surface area contributed by atoms with Crippen LogP contribution < -0.4 is 0 Å². The highest BCUT2D eigenvalue weighted by molar-refractivity contribution is 6.73. The minimum absolute atomic E-state index is 0.0770. The van der Waals surface area contributed by atoms with Crippen LogP contribution in [0.25, 0.3) is 0 Å². The Hall–Kier alpha value is -0.766. The summed E-state index contributed by atoms with van der Waals surface area (Å²) in [5.41, 5.74) is -1.99. The number of hydrogen-bond acceptors (Lipinski definition) is 5. The summed E-state index contributed by atoms with van der Waals surface area (Å²) in [4.78, 5) is 24.8. The zero-order chi connectivity index (χ0) is 33.1. The lowest BCUT2D eigenvalue weighted by Gasteiger charge is -2.36. The van der Waals surface area contributed by atoms with Crippen LogP contribution in [-0.2, 0) is 23.2 Å². The fraction of sp³-hybridized carbons (Fsp3) is 0.871. The van der Waals surface area contributed by atoms with Gasteiger partial charge in [-0.25, -0.2) is 0 Å². The van der Waals surface area contributed by atoms with Gasteiger partial charge in [0.2, 0.25) is 0 Å². The van der Waals surface area contributed by atoms with Crippen molar-refractivity contribution < 1.29 is 30.0 Å². The second-order valence-corrected chi connectivity index (χ2v) is 21.0. The van der Waals surface area contributed by atoms with E-state index in [0.29, 0.717) is 25.7 Å². The van der Waals surface area contributed by atoms with Crippen LogP contribution in [0.4, 0.5) is 0 Å². The summed E-state index contributed by atoms with van der Waals surface area (Å²) in [5, 5.41) is 0. The Bertz CT molecular complexity index is 894. The molecule has 0 bridgehead atoms. The van der Waals surface area contributed by atoms with Crippen LogP contribution in [0.2, 0.25) is 37.8 Å². The summed E-state index contributed by atoms with van der Waals surface area (Å²) in [6, 6.07) is 2.90. The molecule has 0 aromatic carbocycles. The minimum Gasteiger partial charge on any atom is -0.469 e. The monoisotopic (exact) mass is 573 g/mol. The fourth-order valence-electron chi connectivity index (χ4n) is 5.49. The topological polar surface area (TPSA) is 61.8 Å². The summed E-state index contributed by atoms with van der Waals surface area (Å²) in [7, 11) is -3.11. The average Bonchev–Trinajstić information content (AvgIpc) is 3.20. The SMILES string of the molecule is [2H]C([2H])([2H])C(C/C=C/[C@@H]1[C@@H](O[Si](CC)(CC)CC)CC(=O)[C@H]1CCCCCCC(=O)OC)(O[Si](C)(C)C)C([2H])([2H])CCC. The normalized spacial score (nSPS) is 24.9. The Morgan fingerprint density at radius 2 is 1.74 bits per heavy atom. The molecule has 5 nitrogen and oxygen atoms in total. The van der Waals surface area contributed by atoms with Crippen LogP contribution >= 0.6 is 0 Å². The molecule has 0 aliphatic heterocycles. The molecule has 1 fully saturated rings. The molecular weight excluding hydrogens is 509 g/mol. The lowest BCUT2D eigenvalue weighted by molar-refractivity contribution is -0.140. The van der Waals surface area contributed by atoms with E-state index >= 15 is 0 Å². The number of ether oxygens (including phenoxy) is 1. The van der Waals surface area contributed by atoms with Crippen molar-refractivity contribution >= 4 is 28.4 Å². The third-order valence-electron chi connectivity index (χ3n) is 7.82.